The number of hydrogen-bond donors (Lipinski definition) is 1. The van der Waals surface area contributed by atoms with Crippen LogP contribution in [0.2, 0.25) is 5.02 Å². The van der Waals surface area contributed by atoms with Gasteiger partial charge in [0.15, 0.2) is 0 Å². The third-order valence-electron chi connectivity index (χ3n) is 4.02. The molecule has 0 unspecified atom stereocenters. The van der Waals surface area contributed by atoms with Crippen molar-refractivity contribution in [2.75, 3.05) is 5.32 Å². The number of anilines is 1. The fourth-order valence-corrected chi connectivity index (χ4v) is 3.26. The van der Waals surface area contributed by atoms with Crippen LogP contribution in [-0.2, 0) is 0 Å². The molecule has 0 saturated heterocycles. The Morgan fingerprint density at radius 1 is 1.16 bits per heavy atom. The van der Waals surface area contributed by atoms with Crippen molar-refractivity contribution >= 4 is 40.0 Å². The molecular weight excluding hydrogens is 343 g/mol. The summed E-state index contributed by atoms with van der Waals surface area (Å²) in [6.45, 7) is 5.12. The van der Waals surface area contributed by atoms with Crippen LogP contribution in [0.15, 0.2) is 36.5 Å². The Morgan fingerprint density at radius 2 is 1.88 bits per heavy atom. The van der Waals surface area contributed by atoms with Crippen LogP contribution in [0.3, 0.4) is 0 Å². The van der Waals surface area contributed by atoms with Gasteiger partial charge in [0.05, 0.1) is 21.8 Å². The molecule has 25 heavy (non-hydrogen) atoms. The molecule has 0 saturated carbocycles. The van der Waals surface area contributed by atoms with Crippen LogP contribution in [0.5, 0.6) is 0 Å². The van der Waals surface area contributed by atoms with E-state index in [0.29, 0.717) is 21.6 Å². The first-order chi connectivity index (χ1) is 11.8. The first-order valence-electron chi connectivity index (χ1n) is 7.67. The second-order valence-electron chi connectivity index (χ2n) is 5.99. The average molecular weight is 359 g/mol. The molecule has 2 aromatic carbocycles. The lowest BCUT2D eigenvalue weighted by Crippen LogP contribution is -2.13. The van der Waals surface area contributed by atoms with Crippen molar-refractivity contribution < 1.29 is 14.0 Å². The highest BCUT2D eigenvalue weighted by Gasteiger charge is 2.19. The topological polar surface area (TPSA) is 51.1 Å². The van der Waals surface area contributed by atoms with Gasteiger partial charge in [-0.05, 0) is 49.2 Å². The molecule has 1 aromatic heterocycles. The van der Waals surface area contributed by atoms with Gasteiger partial charge in [0.1, 0.15) is 5.82 Å². The number of nitrogens with zero attached hydrogens (tertiary/aromatic N) is 1. The van der Waals surface area contributed by atoms with Gasteiger partial charge in [-0.3, -0.25) is 14.2 Å². The van der Waals surface area contributed by atoms with Crippen LogP contribution >= 0.6 is 11.6 Å². The summed E-state index contributed by atoms with van der Waals surface area (Å²) >= 11 is 6.24. The minimum absolute atomic E-state index is 0.279. The summed E-state index contributed by atoms with van der Waals surface area (Å²) < 4.78 is 14.8. The molecule has 0 aliphatic rings. The fraction of sp³-hybridized carbons (Fsp3) is 0.158. The molecule has 1 amide bonds. The number of nitrogens with one attached hydrogen (secondary N) is 1. The monoisotopic (exact) mass is 358 g/mol. The molecule has 0 bridgehead atoms. The smallest absolute Gasteiger partial charge is 0.257 e. The Kier molecular flexibility index (Phi) is 4.35. The van der Waals surface area contributed by atoms with Crippen molar-refractivity contribution in [3.8, 4) is 0 Å². The van der Waals surface area contributed by atoms with Crippen LogP contribution in [-0.4, -0.2) is 16.4 Å². The molecule has 3 aromatic rings. The van der Waals surface area contributed by atoms with Crippen LogP contribution in [0.25, 0.3) is 10.9 Å². The van der Waals surface area contributed by atoms with E-state index in [1.165, 1.54) is 35.9 Å². The molecule has 1 heterocycles. The maximum atomic E-state index is 13.5. The summed E-state index contributed by atoms with van der Waals surface area (Å²) in [5.74, 6) is -1.19. The van der Waals surface area contributed by atoms with Gasteiger partial charge in [0, 0.05) is 18.5 Å². The average Bonchev–Trinajstić information content (AvgIpc) is 2.89. The van der Waals surface area contributed by atoms with Crippen LogP contribution in [0, 0.1) is 19.7 Å². The first-order valence-corrected chi connectivity index (χ1v) is 8.05. The lowest BCUT2D eigenvalue weighted by atomic mass is 10.1. The molecule has 0 radical (unpaired) electrons. The number of amides is 1. The van der Waals surface area contributed by atoms with Crippen molar-refractivity contribution in [1.82, 2.24) is 4.57 Å². The number of aromatic nitrogens is 1. The predicted molar refractivity (Wildman–Crippen MR) is 97.1 cm³/mol. The molecule has 0 aliphatic carbocycles. The van der Waals surface area contributed by atoms with Crippen LogP contribution < -0.4 is 5.32 Å². The molecule has 0 aliphatic heterocycles. The van der Waals surface area contributed by atoms with E-state index in [4.69, 9.17) is 11.6 Å². The lowest BCUT2D eigenvalue weighted by Gasteiger charge is -2.11. The molecule has 3 rings (SSSR count). The Morgan fingerprint density at radius 3 is 2.52 bits per heavy atom. The number of halogens is 2. The summed E-state index contributed by atoms with van der Waals surface area (Å²) in [6.07, 6.45) is 1.42. The van der Waals surface area contributed by atoms with Crippen molar-refractivity contribution in [3.63, 3.8) is 0 Å². The third-order valence-corrected chi connectivity index (χ3v) is 4.32. The number of fused-ring (bicyclic) bond motifs is 1. The van der Waals surface area contributed by atoms with Gasteiger partial charge in [-0.15, -0.1) is 0 Å². The van der Waals surface area contributed by atoms with E-state index in [1.54, 1.807) is 6.07 Å². The van der Waals surface area contributed by atoms with Gasteiger partial charge < -0.3 is 5.32 Å². The molecule has 0 atom stereocenters. The van der Waals surface area contributed by atoms with Crippen molar-refractivity contribution in [2.45, 2.75) is 20.8 Å². The summed E-state index contributed by atoms with van der Waals surface area (Å²) in [6, 6.07) is 7.65. The van der Waals surface area contributed by atoms with E-state index in [0.717, 1.165) is 11.1 Å². The Bertz CT molecular complexity index is 1000. The summed E-state index contributed by atoms with van der Waals surface area (Å²) in [7, 11) is 0. The van der Waals surface area contributed by atoms with E-state index >= 15 is 0 Å². The molecular formula is C19H16ClFN2O2. The second kappa shape index (κ2) is 6.33. The van der Waals surface area contributed by atoms with E-state index in [2.05, 4.69) is 5.32 Å². The summed E-state index contributed by atoms with van der Waals surface area (Å²) in [4.78, 5) is 24.5. The minimum Gasteiger partial charge on any atom is -0.320 e. The SMILES string of the molecule is CC(=O)n1cc(C(=O)Nc2c(C)cc(C)cc2Cl)c2ccc(F)cc21. The number of carbonyl (C=O) groups is 2. The van der Waals surface area contributed by atoms with Gasteiger partial charge in [-0.2, -0.15) is 0 Å². The number of carbonyl (C=O) groups excluding carboxylic acids is 2. The maximum Gasteiger partial charge on any atom is 0.257 e. The fourth-order valence-electron chi connectivity index (χ4n) is 2.90. The van der Waals surface area contributed by atoms with E-state index in [1.807, 2.05) is 19.9 Å². The first kappa shape index (κ1) is 17.2. The van der Waals surface area contributed by atoms with Crippen molar-refractivity contribution in [1.29, 1.82) is 0 Å². The predicted octanol–water partition coefficient (Wildman–Crippen LogP) is 4.96. The quantitative estimate of drug-likeness (QED) is 0.703. The number of aryl methyl sites for hydroxylation is 2. The maximum absolute atomic E-state index is 13.5. The zero-order valence-corrected chi connectivity index (χ0v) is 14.7. The highest BCUT2D eigenvalue weighted by atomic mass is 35.5. The zero-order chi connectivity index (χ0) is 18.3. The van der Waals surface area contributed by atoms with Gasteiger partial charge in [0.2, 0.25) is 5.91 Å². The molecule has 0 spiro atoms. The Hall–Kier alpha value is -2.66. The molecule has 4 nitrogen and oxygen atoms in total. The van der Waals surface area contributed by atoms with Crippen molar-refractivity contribution in [3.05, 3.63) is 64.1 Å². The number of benzene rings is 2. The van der Waals surface area contributed by atoms with E-state index in [9.17, 15) is 14.0 Å². The molecule has 1 N–H and O–H groups in total. The second-order valence-corrected chi connectivity index (χ2v) is 6.39. The van der Waals surface area contributed by atoms with Gasteiger partial charge in [-0.1, -0.05) is 17.7 Å². The zero-order valence-electron chi connectivity index (χ0n) is 14.0. The van der Waals surface area contributed by atoms with E-state index < -0.39 is 11.7 Å². The van der Waals surface area contributed by atoms with Gasteiger partial charge >= 0.3 is 0 Å². The minimum atomic E-state index is -0.475. The molecule has 128 valence electrons. The van der Waals surface area contributed by atoms with Crippen LogP contribution in [0.1, 0.15) is 33.2 Å². The summed E-state index contributed by atoms with van der Waals surface area (Å²) in [5.41, 5.74) is 2.97. The normalized spacial score (nSPS) is 10.9. The van der Waals surface area contributed by atoms with Gasteiger partial charge in [0.25, 0.3) is 5.91 Å². The van der Waals surface area contributed by atoms with Crippen molar-refractivity contribution in [2.24, 2.45) is 0 Å². The molecule has 0 fully saturated rings. The summed E-state index contributed by atoms with van der Waals surface area (Å²) in [5, 5.41) is 3.72. The third kappa shape index (κ3) is 3.15. The standard InChI is InChI=1S/C19H16ClFN2O2/c1-10-6-11(2)18(16(20)7-10)22-19(25)15-9-23(12(3)24)17-8-13(21)4-5-14(15)17/h4-9H,1-3H3,(H,22,25). The molecule has 6 heteroatoms. The highest BCUT2D eigenvalue weighted by molar-refractivity contribution is 6.34. The Balaban J connectivity index is 2.08. The Labute approximate surface area is 149 Å². The largest absolute Gasteiger partial charge is 0.320 e. The lowest BCUT2D eigenvalue weighted by molar-refractivity contribution is 0.0941. The highest BCUT2D eigenvalue weighted by Crippen LogP contribution is 2.29. The van der Waals surface area contributed by atoms with Gasteiger partial charge in [-0.25, -0.2) is 4.39 Å². The van der Waals surface area contributed by atoms with E-state index in [-0.39, 0.29) is 11.5 Å². The number of hydrogen-bond acceptors (Lipinski definition) is 2. The van der Waals surface area contributed by atoms with Crippen LogP contribution in [0.4, 0.5) is 10.1 Å². The number of rotatable bonds is 2.